The van der Waals surface area contributed by atoms with Gasteiger partial charge >= 0.3 is 0 Å². The van der Waals surface area contributed by atoms with E-state index in [1.165, 1.54) is 169 Å². The largest absolute Gasteiger partial charge is 0.0687 e. The predicted molar refractivity (Wildman–Crippen MR) is 354 cm³/mol. The molecule has 1 atom stereocenters. The average Bonchev–Trinajstić information content (AvgIpc) is 3.69. The highest BCUT2D eigenvalue weighted by Gasteiger charge is 2.28. The Labute approximate surface area is 475 Å². The zero-order valence-electron chi connectivity index (χ0n) is 45.1. The molecule has 0 heteroatoms. The zero-order chi connectivity index (χ0) is 53.8. The molecule has 0 amide bonds. The van der Waals surface area contributed by atoms with Crippen LogP contribution in [0.2, 0.25) is 0 Å². The molecule has 1 aliphatic rings. The minimum Gasteiger partial charge on any atom is -0.0687 e. The summed E-state index contributed by atoms with van der Waals surface area (Å²) < 4.78 is 0. The second-order valence-corrected chi connectivity index (χ2v) is 22.6. The van der Waals surface area contributed by atoms with E-state index in [0.717, 1.165) is 6.42 Å². The topological polar surface area (TPSA) is 0 Å². The van der Waals surface area contributed by atoms with Crippen LogP contribution in [0, 0.1) is 0 Å². The molecule has 0 fully saturated rings. The van der Waals surface area contributed by atoms with Gasteiger partial charge in [-0.1, -0.05) is 255 Å². The Balaban J connectivity index is 0.975. The number of hydrogen-bond acceptors (Lipinski definition) is 0. The molecule has 0 aliphatic heterocycles. The molecule has 0 radical (unpaired) electrons. The van der Waals surface area contributed by atoms with Crippen LogP contribution in [0.4, 0.5) is 0 Å². The van der Waals surface area contributed by atoms with Crippen LogP contribution in [-0.4, -0.2) is 0 Å². The van der Waals surface area contributed by atoms with E-state index in [1.807, 2.05) is 0 Å². The fourth-order valence-corrected chi connectivity index (χ4v) is 14.6. The van der Waals surface area contributed by atoms with E-state index in [0.29, 0.717) is 0 Å². The Morgan fingerprint density at radius 2 is 0.463 bits per heavy atom. The summed E-state index contributed by atoms with van der Waals surface area (Å²) in [4.78, 5) is 0. The van der Waals surface area contributed by atoms with Gasteiger partial charge in [0, 0.05) is 5.92 Å². The fraction of sp³-hybridized carbons (Fsp3) is 0.0244. The van der Waals surface area contributed by atoms with Crippen molar-refractivity contribution in [2.75, 3.05) is 0 Å². The van der Waals surface area contributed by atoms with Crippen molar-refractivity contribution in [2.24, 2.45) is 0 Å². The fourth-order valence-electron chi connectivity index (χ4n) is 14.6. The number of fused-ring (bicyclic) bond motifs is 10. The molecule has 1 unspecified atom stereocenters. The van der Waals surface area contributed by atoms with Crippen molar-refractivity contribution < 1.29 is 0 Å². The molecule has 16 aromatic rings. The highest BCUT2D eigenvalue weighted by atomic mass is 14.3. The van der Waals surface area contributed by atoms with Gasteiger partial charge in [-0.3, -0.25) is 0 Å². The standard InChI is InChI=1S/C82H52/c1-9-29-65-51(21-1)41-52-22-2-10-30-66(52)77(65)59-45-60(78-67-31-11-3-23-53(67)42-54-24-4-12-32-68(54)78)48-63(47-59)81-73-37-17-19-39-75(73)82(76-40-20-18-38-74(76)81)64-49-61(79-69-33-13-5-25-55(69)43-56-26-6-14-34-70(56)79)46-62(50-64)80-71-35-15-7-27-57(71)44-58-28-8-16-36-72(58)80/h1-49,62H,50H2. The number of allylic oxidation sites excluding steroid dienone is 4. The summed E-state index contributed by atoms with van der Waals surface area (Å²) in [6, 6.07) is 107. The molecular formula is C82H52. The van der Waals surface area contributed by atoms with Crippen molar-refractivity contribution in [3.05, 3.63) is 314 Å². The molecule has 0 bridgehead atoms. The summed E-state index contributed by atoms with van der Waals surface area (Å²) in [5.41, 5.74) is 13.9. The van der Waals surface area contributed by atoms with Gasteiger partial charge in [-0.15, -0.1) is 0 Å². The molecule has 380 valence electrons. The smallest absolute Gasteiger partial charge is 0.00801 e. The average molecular weight is 1040 g/mol. The van der Waals surface area contributed by atoms with Crippen LogP contribution in [0.3, 0.4) is 0 Å². The summed E-state index contributed by atoms with van der Waals surface area (Å²) in [5, 5.41) is 25.1. The first-order chi connectivity index (χ1) is 40.7. The molecule has 0 saturated carbocycles. The lowest BCUT2D eigenvalue weighted by Crippen LogP contribution is -2.07. The minimum atomic E-state index is 0.0613. The van der Waals surface area contributed by atoms with E-state index in [-0.39, 0.29) is 5.92 Å². The molecule has 0 aromatic heterocycles. The van der Waals surface area contributed by atoms with Gasteiger partial charge in [-0.05, 0) is 218 Å². The Bertz CT molecular complexity index is 5030. The van der Waals surface area contributed by atoms with E-state index >= 15 is 0 Å². The summed E-state index contributed by atoms with van der Waals surface area (Å²) in [6.07, 6.45) is 6.02. The summed E-state index contributed by atoms with van der Waals surface area (Å²) in [7, 11) is 0. The van der Waals surface area contributed by atoms with Crippen molar-refractivity contribution in [1.82, 2.24) is 0 Å². The van der Waals surface area contributed by atoms with Crippen molar-refractivity contribution in [3.63, 3.8) is 0 Å². The van der Waals surface area contributed by atoms with Gasteiger partial charge in [0.25, 0.3) is 0 Å². The van der Waals surface area contributed by atoms with Crippen molar-refractivity contribution in [2.45, 2.75) is 12.3 Å². The number of hydrogen-bond donors (Lipinski definition) is 0. The van der Waals surface area contributed by atoms with Crippen LogP contribution in [0.1, 0.15) is 29.0 Å². The van der Waals surface area contributed by atoms with Gasteiger partial charge in [-0.2, -0.15) is 0 Å². The van der Waals surface area contributed by atoms with Crippen molar-refractivity contribution in [1.29, 1.82) is 0 Å². The van der Waals surface area contributed by atoms with Crippen LogP contribution >= 0.6 is 0 Å². The van der Waals surface area contributed by atoms with Crippen LogP contribution < -0.4 is 0 Å². The lowest BCUT2D eigenvalue weighted by atomic mass is 9.75. The van der Waals surface area contributed by atoms with E-state index in [9.17, 15) is 0 Å². The van der Waals surface area contributed by atoms with Crippen molar-refractivity contribution >= 4 is 119 Å². The van der Waals surface area contributed by atoms with Crippen LogP contribution in [0.25, 0.3) is 152 Å². The summed E-state index contributed by atoms with van der Waals surface area (Å²) in [6.45, 7) is 0. The van der Waals surface area contributed by atoms with Crippen molar-refractivity contribution in [3.8, 4) is 33.4 Å². The third-order valence-corrected chi connectivity index (χ3v) is 18.0. The maximum absolute atomic E-state index is 2.62. The lowest BCUT2D eigenvalue weighted by Gasteiger charge is -2.28. The van der Waals surface area contributed by atoms with E-state index in [2.05, 4.69) is 297 Å². The second-order valence-electron chi connectivity index (χ2n) is 22.6. The van der Waals surface area contributed by atoms with Gasteiger partial charge in [0.05, 0.1) is 0 Å². The first-order valence-electron chi connectivity index (χ1n) is 28.8. The molecule has 82 heavy (non-hydrogen) atoms. The van der Waals surface area contributed by atoms with Crippen LogP contribution in [-0.2, 0) is 0 Å². The predicted octanol–water partition coefficient (Wildman–Crippen LogP) is 22.9. The molecule has 0 nitrogen and oxygen atoms in total. The van der Waals surface area contributed by atoms with E-state index < -0.39 is 0 Å². The SMILES string of the molecule is C1=C(c2c3ccccc3cc3ccccc23)C=C(c2c3ccccc3c(-c3cc(-c4c5ccccc5cc5ccccc45)cc(-c4c5ccccc5cc5ccccc45)c3)c3ccccc23)CC1c1c2ccccc2cc2ccccc12. The monoisotopic (exact) mass is 1040 g/mol. The molecule has 0 saturated heterocycles. The number of benzene rings is 16. The van der Waals surface area contributed by atoms with Gasteiger partial charge in [0.15, 0.2) is 0 Å². The lowest BCUT2D eigenvalue weighted by molar-refractivity contribution is 0.889. The summed E-state index contributed by atoms with van der Waals surface area (Å²) >= 11 is 0. The van der Waals surface area contributed by atoms with E-state index in [4.69, 9.17) is 0 Å². The van der Waals surface area contributed by atoms with Gasteiger partial charge in [-0.25, -0.2) is 0 Å². The van der Waals surface area contributed by atoms with Gasteiger partial charge in [0.2, 0.25) is 0 Å². The van der Waals surface area contributed by atoms with Crippen LogP contribution in [0.5, 0.6) is 0 Å². The van der Waals surface area contributed by atoms with E-state index in [1.54, 1.807) is 0 Å². The Hall–Kier alpha value is -10.4. The normalized spacial score (nSPS) is 13.8. The Kier molecular flexibility index (Phi) is 10.5. The molecule has 0 spiro atoms. The highest BCUT2D eigenvalue weighted by molar-refractivity contribution is 6.23. The first kappa shape index (κ1) is 46.5. The summed E-state index contributed by atoms with van der Waals surface area (Å²) in [5.74, 6) is 0.0613. The third-order valence-electron chi connectivity index (χ3n) is 18.0. The van der Waals surface area contributed by atoms with Crippen LogP contribution in [0.15, 0.2) is 297 Å². The minimum absolute atomic E-state index is 0.0613. The molecule has 0 heterocycles. The second kappa shape index (κ2) is 18.6. The maximum Gasteiger partial charge on any atom is 0.00801 e. The Morgan fingerprint density at radius 1 is 0.220 bits per heavy atom. The third kappa shape index (κ3) is 7.32. The molecular weight excluding hydrogens is 985 g/mol. The maximum atomic E-state index is 2.62. The zero-order valence-corrected chi connectivity index (χ0v) is 45.1. The highest BCUT2D eigenvalue weighted by Crippen LogP contribution is 2.52. The quantitative estimate of drug-likeness (QED) is 0.146. The molecule has 0 N–H and O–H groups in total. The first-order valence-corrected chi connectivity index (χ1v) is 28.8. The number of rotatable bonds is 6. The Morgan fingerprint density at radius 3 is 0.793 bits per heavy atom. The molecule has 1 aliphatic carbocycles. The van der Waals surface area contributed by atoms with Gasteiger partial charge < -0.3 is 0 Å². The molecule has 17 rings (SSSR count). The van der Waals surface area contributed by atoms with Gasteiger partial charge in [0.1, 0.15) is 0 Å². The molecule has 16 aromatic carbocycles.